The monoisotopic (exact) mass is 309 g/mol. The van der Waals surface area contributed by atoms with Crippen molar-refractivity contribution in [1.82, 2.24) is 0 Å². The molecule has 0 atom stereocenters. The van der Waals surface area contributed by atoms with Gasteiger partial charge in [-0.15, -0.1) is 0 Å². The Kier molecular flexibility index (Phi) is 5.52. The number of hydrogen-bond donors (Lipinski definition) is 0. The molecule has 0 spiro atoms. The third kappa shape index (κ3) is 4.66. The first kappa shape index (κ1) is 15.7. The van der Waals surface area contributed by atoms with Crippen molar-refractivity contribution in [3.05, 3.63) is 28.3 Å². The number of nitro benzene ring substituents is 1. The topological polar surface area (TPSA) is 95.7 Å². The van der Waals surface area contributed by atoms with Crippen molar-refractivity contribution in [2.75, 3.05) is 19.8 Å². The average Bonchev–Trinajstić information content (AvgIpc) is 2.33. The van der Waals surface area contributed by atoms with Gasteiger partial charge in [0.05, 0.1) is 16.4 Å². The van der Waals surface area contributed by atoms with E-state index in [9.17, 15) is 18.5 Å². The highest BCUT2D eigenvalue weighted by atomic mass is 35.7. The van der Waals surface area contributed by atoms with E-state index in [4.69, 9.17) is 20.2 Å². The molecule has 0 radical (unpaired) electrons. The highest BCUT2D eigenvalue weighted by molar-refractivity contribution is 8.13. The normalized spacial score (nSPS) is 11.3. The average molecular weight is 310 g/mol. The lowest BCUT2D eigenvalue weighted by atomic mass is 10.3. The van der Waals surface area contributed by atoms with Crippen molar-refractivity contribution >= 4 is 25.4 Å². The van der Waals surface area contributed by atoms with Gasteiger partial charge < -0.3 is 9.47 Å². The quantitative estimate of drug-likeness (QED) is 0.330. The predicted octanol–water partition coefficient (Wildman–Crippen LogP) is 1.94. The fourth-order valence-corrected chi connectivity index (χ4v) is 2.04. The van der Waals surface area contributed by atoms with Gasteiger partial charge in [0.1, 0.15) is 6.61 Å². The summed E-state index contributed by atoms with van der Waals surface area (Å²) in [5.74, 6) is -0.0335. The van der Waals surface area contributed by atoms with Gasteiger partial charge in [-0.2, -0.15) is 0 Å². The van der Waals surface area contributed by atoms with Crippen molar-refractivity contribution < 1.29 is 22.8 Å². The van der Waals surface area contributed by atoms with Crippen LogP contribution in [-0.4, -0.2) is 33.2 Å². The largest absolute Gasteiger partial charge is 0.484 e. The van der Waals surface area contributed by atoms with E-state index in [1.807, 2.05) is 6.92 Å². The summed E-state index contributed by atoms with van der Waals surface area (Å²) in [6.07, 6.45) is 0. The minimum Gasteiger partial charge on any atom is -0.484 e. The lowest BCUT2D eigenvalue weighted by molar-refractivity contribution is -0.386. The van der Waals surface area contributed by atoms with E-state index in [0.29, 0.717) is 6.61 Å². The zero-order valence-electron chi connectivity index (χ0n) is 10.0. The van der Waals surface area contributed by atoms with Crippen LogP contribution in [0.25, 0.3) is 0 Å². The molecule has 0 unspecified atom stereocenters. The van der Waals surface area contributed by atoms with E-state index in [2.05, 4.69) is 0 Å². The molecule has 0 aromatic heterocycles. The van der Waals surface area contributed by atoms with Gasteiger partial charge in [-0.1, -0.05) is 0 Å². The van der Waals surface area contributed by atoms with Crippen LogP contribution in [0.3, 0.4) is 0 Å². The molecule has 0 amide bonds. The van der Waals surface area contributed by atoms with Crippen LogP contribution in [0.15, 0.2) is 23.1 Å². The summed E-state index contributed by atoms with van der Waals surface area (Å²) in [5.41, 5.74) is -0.460. The summed E-state index contributed by atoms with van der Waals surface area (Å²) < 4.78 is 32.4. The Bertz CT molecular complexity index is 559. The number of benzene rings is 1. The second-order valence-corrected chi connectivity index (χ2v) is 5.94. The summed E-state index contributed by atoms with van der Waals surface area (Å²) in [6, 6.07) is 3.20. The second-order valence-electron chi connectivity index (χ2n) is 3.37. The Morgan fingerprint density at radius 3 is 2.58 bits per heavy atom. The number of hydrogen-bond acceptors (Lipinski definition) is 6. The molecule has 0 saturated carbocycles. The van der Waals surface area contributed by atoms with E-state index in [1.165, 1.54) is 6.07 Å². The Morgan fingerprint density at radius 1 is 1.37 bits per heavy atom. The maximum Gasteiger partial charge on any atom is 0.312 e. The molecule has 0 saturated heterocycles. The molecule has 19 heavy (non-hydrogen) atoms. The Balaban J connectivity index is 2.96. The fraction of sp³-hybridized carbons (Fsp3) is 0.400. The second kappa shape index (κ2) is 6.69. The molecule has 0 aliphatic rings. The van der Waals surface area contributed by atoms with Crippen LogP contribution < -0.4 is 4.74 Å². The Labute approximate surface area is 114 Å². The minimum absolute atomic E-state index is 0.0335. The van der Waals surface area contributed by atoms with E-state index in [0.717, 1.165) is 12.1 Å². The highest BCUT2D eigenvalue weighted by Gasteiger charge is 2.20. The van der Waals surface area contributed by atoms with Crippen molar-refractivity contribution in [1.29, 1.82) is 0 Å². The lowest BCUT2D eigenvalue weighted by Crippen LogP contribution is -2.08. The minimum atomic E-state index is -4.02. The van der Waals surface area contributed by atoms with Gasteiger partial charge in [0.15, 0.2) is 5.75 Å². The molecule has 1 aromatic carbocycles. The molecule has 1 aromatic rings. The third-order valence-corrected chi connectivity index (χ3v) is 3.45. The molecule has 1 rings (SSSR count). The zero-order valence-corrected chi connectivity index (χ0v) is 11.6. The molecular formula is C10H12ClNO6S. The van der Waals surface area contributed by atoms with Crippen LogP contribution in [0.1, 0.15) is 6.92 Å². The van der Waals surface area contributed by atoms with Crippen LogP contribution in [0.5, 0.6) is 5.75 Å². The SMILES string of the molecule is CCOCCOc1ccc(S(=O)(=O)Cl)cc1[N+](=O)[O-]. The summed E-state index contributed by atoms with van der Waals surface area (Å²) in [6.45, 7) is 2.72. The third-order valence-electron chi connectivity index (χ3n) is 2.10. The zero-order chi connectivity index (χ0) is 14.5. The van der Waals surface area contributed by atoms with Gasteiger partial charge >= 0.3 is 5.69 Å². The van der Waals surface area contributed by atoms with Crippen molar-refractivity contribution in [2.45, 2.75) is 11.8 Å². The lowest BCUT2D eigenvalue weighted by Gasteiger charge is -2.07. The standard InChI is InChI=1S/C10H12ClNO6S/c1-2-17-5-6-18-10-4-3-8(19(11,15)16)7-9(10)12(13)14/h3-4,7H,2,5-6H2,1H3. The van der Waals surface area contributed by atoms with Crippen LogP contribution in [0.2, 0.25) is 0 Å². The van der Waals surface area contributed by atoms with Crippen molar-refractivity contribution in [2.24, 2.45) is 0 Å². The first-order chi connectivity index (χ1) is 8.86. The van der Waals surface area contributed by atoms with Crippen LogP contribution in [0, 0.1) is 10.1 Å². The Hall–Kier alpha value is -1.38. The smallest absolute Gasteiger partial charge is 0.312 e. The number of nitrogens with zero attached hydrogens (tertiary/aromatic N) is 1. The van der Waals surface area contributed by atoms with Crippen molar-refractivity contribution in [3.63, 3.8) is 0 Å². The van der Waals surface area contributed by atoms with E-state index < -0.39 is 19.7 Å². The van der Waals surface area contributed by atoms with Gasteiger partial charge in [-0.3, -0.25) is 10.1 Å². The molecule has 7 nitrogen and oxygen atoms in total. The van der Waals surface area contributed by atoms with Crippen LogP contribution >= 0.6 is 10.7 Å². The summed E-state index contributed by atoms with van der Waals surface area (Å²) in [5, 5.41) is 10.8. The van der Waals surface area contributed by atoms with Gasteiger partial charge in [-0.25, -0.2) is 8.42 Å². The van der Waals surface area contributed by atoms with Crippen LogP contribution in [0.4, 0.5) is 5.69 Å². The highest BCUT2D eigenvalue weighted by Crippen LogP contribution is 2.30. The summed E-state index contributed by atoms with van der Waals surface area (Å²) in [4.78, 5) is 9.76. The number of ether oxygens (including phenoxy) is 2. The number of halogens is 1. The molecule has 9 heteroatoms. The van der Waals surface area contributed by atoms with Crippen LogP contribution in [-0.2, 0) is 13.8 Å². The molecule has 106 valence electrons. The predicted molar refractivity (Wildman–Crippen MR) is 68.1 cm³/mol. The fourth-order valence-electron chi connectivity index (χ4n) is 1.27. The molecule has 0 N–H and O–H groups in total. The summed E-state index contributed by atoms with van der Waals surface area (Å²) in [7, 11) is 1.10. The molecular weight excluding hydrogens is 298 g/mol. The maximum absolute atomic E-state index is 11.1. The van der Waals surface area contributed by atoms with Crippen molar-refractivity contribution in [3.8, 4) is 5.75 Å². The first-order valence-electron chi connectivity index (χ1n) is 5.30. The molecule has 0 fully saturated rings. The Morgan fingerprint density at radius 2 is 2.05 bits per heavy atom. The first-order valence-corrected chi connectivity index (χ1v) is 7.61. The number of rotatable bonds is 7. The maximum atomic E-state index is 11.1. The summed E-state index contributed by atoms with van der Waals surface area (Å²) >= 11 is 0. The molecule has 0 aliphatic carbocycles. The van der Waals surface area contributed by atoms with Gasteiger partial charge in [0.2, 0.25) is 0 Å². The van der Waals surface area contributed by atoms with E-state index in [1.54, 1.807) is 0 Å². The molecule has 0 heterocycles. The molecule has 0 bridgehead atoms. The van der Waals surface area contributed by atoms with E-state index in [-0.39, 0.29) is 23.9 Å². The number of nitro groups is 1. The van der Waals surface area contributed by atoms with Gasteiger partial charge in [0.25, 0.3) is 9.05 Å². The van der Waals surface area contributed by atoms with Gasteiger partial charge in [0, 0.05) is 23.4 Å². The van der Waals surface area contributed by atoms with Gasteiger partial charge in [-0.05, 0) is 19.1 Å². The molecule has 0 aliphatic heterocycles. The van der Waals surface area contributed by atoms with E-state index >= 15 is 0 Å².